The Morgan fingerprint density at radius 3 is 2.48 bits per heavy atom. The van der Waals surface area contributed by atoms with Gasteiger partial charge in [-0.2, -0.15) is 0 Å². The Morgan fingerprint density at radius 2 is 1.88 bits per heavy atom. The van der Waals surface area contributed by atoms with E-state index < -0.39 is 28.2 Å². The molecule has 3 aliphatic rings. The van der Waals surface area contributed by atoms with Crippen LogP contribution < -0.4 is 4.72 Å². The smallest absolute Gasteiger partial charge is 0.252 e. The maximum atomic E-state index is 15.6. The first-order valence-corrected chi connectivity index (χ1v) is 13.4. The molecule has 2 aromatic carbocycles. The Hall–Kier alpha value is -2.29. The zero-order valence-electron chi connectivity index (χ0n) is 18.6. The standard InChI is InChI=1S/C25H29FN2O4S/c1-33(31,32)27-23-20(28(15-25(23)12-13-25)24(30)22(29)17-10-11-17)14-18-8-5-9-19(21(18)26)16-6-3-2-4-7-16/h2-9,17,20,22-23,27,29H,10-15H2,1H3/t20-,22?,23+/m0/s1. The zero-order valence-corrected chi connectivity index (χ0v) is 19.4. The summed E-state index contributed by atoms with van der Waals surface area (Å²) in [7, 11) is -3.54. The van der Waals surface area contributed by atoms with Crippen molar-refractivity contribution in [1.29, 1.82) is 0 Å². The number of nitrogens with one attached hydrogen (secondary N) is 1. The number of hydrogen-bond acceptors (Lipinski definition) is 4. The molecule has 0 aromatic heterocycles. The average molecular weight is 473 g/mol. The van der Waals surface area contributed by atoms with Gasteiger partial charge in [0.25, 0.3) is 5.91 Å². The number of rotatable bonds is 7. The van der Waals surface area contributed by atoms with Crippen LogP contribution in [0.3, 0.4) is 0 Å². The summed E-state index contributed by atoms with van der Waals surface area (Å²) in [4.78, 5) is 14.9. The van der Waals surface area contributed by atoms with Gasteiger partial charge in [0.1, 0.15) is 11.9 Å². The van der Waals surface area contributed by atoms with Gasteiger partial charge in [-0.15, -0.1) is 0 Å². The molecular weight excluding hydrogens is 443 g/mol. The summed E-state index contributed by atoms with van der Waals surface area (Å²) in [5.74, 6) is -0.770. The summed E-state index contributed by atoms with van der Waals surface area (Å²) in [5.41, 5.74) is 1.30. The van der Waals surface area contributed by atoms with Gasteiger partial charge in [-0.05, 0) is 49.1 Å². The minimum Gasteiger partial charge on any atom is -0.383 e. The molecule has 0 bridgehead atoms. The van der Waals surface area contributed by atoms with Crippen molar-refractivity contribution in [1.82, 2.24) is 9.62 Å². The second kappa shape index (κ2) is 8.18. The van der Waals surface area contributed by atoms with Crippen LogP contribution >= 0.6 is 0 Å². The highest BCUT2D eigenvalue weighted by molar-refractivity contribution is 7.88. The van der Waals surface area contributed by atoms with Crippen molar-refractivity contribution in [2.24, 2.45) is 11.3 Å². The van der Waals surface area contributed by atoms with Crippen molar-refractivity contribution in [3.63, 3.8) is 0 Å². The zero-order chi connectivity index (χ0) is 23.4. The predicted octanol–water partition coefficient (Wildman–Crippen LogP) is 2.71. The molecule has 176 valence electrons. The van der Waals surface area contributed by atoms with Gasteiger partial charge in [-0.3, -0.25) is 4.79 Å². The molecule has 3 atom stereocenters. The summed E-state index contributed by atoms with van der Waals surface area (Å²) in [6.45, 7) is 0.382. The lowest BCUT2D eigenvalue weighted by Crippen LogP contribution is -2.51. The third kappa shape index (κ3) is 4.44. The molecule has 3 fully saturated rings. The molecule has 2 N–H and O–H groups in total. The summed E-state index contributed by atoms with van der Waals surface area (Å²) in [6.07, 6.45) is 3.43. The number of benzene rings is 2. The SMILES string of the molecule is CS(=O)(=O)N[C@@H]1[C@H](Cc2cccc(-c3ccccc3)c2F)N(C(=O)C(O)C2CC2)CC12CC2. The lowest BCUT2D eigenvalue weighted by Gasteiger charge is -2.30. The maximum absolute atomic E-state index is 15.6. The Morgan fingerprint density at radius 1 is 1.18 bits per heavy atom. The molecule has 6 nitrogen and oxygen atoms in total. The van der Waals surface area contributed by atoms with E-state index in [1.807, 2.05) is 30.3 Å². The van der Waals surface area contributed by atoms with Crippen molar-refractivity contribution >= 4 is 15.9 Å². The molecule has 1 saturated heterocycles. The number of carbonyl (C=O) groups is 1. The number of aliphatic hydroxyl groups is 1. The highest BCUT2D eigenvalue weighted by Gasteiger charge is 2.61. The van der Waals surface area contributed by atoms with Crippen LogP contribution in [0.25, 0.3) is 11.1 Å². The van der Waals surface area contributed by atoms with E-state index in [0.29, 0.717) is 17.7 Å². The fourth-order valence-corrected chi connectivity index (χ4v) is 6.13. The molecule has 1 spiro atoms. The first-order valence-electron chi connectivity index (χ1n) is 11.5. The van der Waals surface area contributed by atoms with E-state index in [9.17, 15) is 18.3 Å². The van der Waals surface area contributed by atoms with Gasteiger partial charge in [-0.1, -0.05) is 48.5 Å². The largest absolute Gasteiger partial charge is 0.383 e. The van der Waals surface area contributed by atoms with Crippen LogP contribution in [0.4, 0.5) is 4.39 Å². The number of nitrogens with zero attached hydrogens (tertiary/aromatic N) is 1. The van der Waals surface area contributed by atoms with Crippen molar-refractivity contribution in [3.05, 3.63) is 59.9 Å². The number of likely N-dealkylation sites (tertiary alicyclic amines) is 1. The van der Waals surface area contributed by atoms with Crippen molar-refractivity contribution in [2.75, 3.05) is 12.8 Å². The maximum Gasteiger partial charge on any atom is 0.252 e. The van der Waals surface area contributed by atoms with Crippen molar-refractivity contribution < 1.29 is 22.7 Å². The van der Waals surface area contributed by atoms with E-state index in [2.05, 4.69) is 4.72 Å². The van der Waals surface area contributed by atoms with Crippen LogP contribution in [-0.2, 0) is 21.2 Å². The van der Waals surface area contributed by atoms with Crippen LogP contribution in [0.15, 0.2) is 48.5 Å². The van der Waals surface area contributed by atoms with Crippen LogP contribution in [0.1, 0.15) is 31.2 Å². The van der Waals surface area contributed by atoms with E-state index in [-0.39, 0.29) is 29.5 Å². The summed E-state index contributed by atoms with van der Waals surface area (Å²) < 4.78 is 42.8. The molecule has 5 rings (SSSR count). The molecule has 1 unspecified atom stereocenters. The number of carbonyl (C=O) groups excluding carboxylic acids is 1. The van der Waals surface area contributed by atoms with Gasteiger partial charge in [0.05, 0.1) is 12.3 Å². The number of aliphatic hydroxyl groups excluding tert-OH is 1. The van der Waals surface area contributed by atoms with Gasteiger partial charge in [0.2, 0.25) is 10.0 Å². The predicted molar refractivity (Wildman–Crippen MR) is 123 cm³/mol. The lowest BCUT2D eigenvalue weighted by molar-refractivity contribution is -0.142. The fourth-order valence-electron chi connectivity index (χ4n) is 5.26. The highest BCUT2D eigenvalue weighted by Crippen LogP contribution is 2.56. The minimum atomic E-state index is -3.54. The second-order valence-electron chi connectivity index (χ2n) is 9.89. The van der Waals surface area contributed by atoms with E-state index >= 15 is 4.39 Å². The Balaban J connectivity index is 1.50. The third-order valence-electron chi connectivity index (χ3n) is 7.36. The number of sulfonamides is 1. The Kier molecular flexibility index (Phi) is 5.58. The third-order valence-corrected chi connectivity index (χ3v) is 8.04. The van der Waals surface area contributed by atoms with E-state index in [1.165, 1.54) is 0 Å². The van der Waals surface area contributed by atoms with E-state index in [0.717, 1.165) is 37.5 Å². The van der Waals surface area contributed by atoms with Gasteiger partial charge < -0.3 is 10.0 Å². The summed E-state index contributed by atoms with van der Waals surface area (Å²) in [5, 5.41) is 10.6. The Bertz CT molecular complexity index is 1160. The quantitative estimate of drug-likeness (QED) is 0.649. The number of halogens is 1. The summed E-state index contributed by atoms with van der Waals surface area (Å²) in [6, 6.07) is 13.4. The lowest BCUT2D eigenvalue weighted by atomic mass is 9.91. The molecule has 1 aliphatic heterocycles. The van der Waals surface area contributed by atoms with E-state index in [4.69, 9.17) is 0 Å². The molecule has 33 heavy (non-hydrogen) atoms. The molecule has 1 amide bonds. The molecule has 0 radical (unpaired) electrons. The molecular formula is C25H29FN2O4S. The summed E-state index contributed by atoms with van der Waals surface area (Å²) >= 11 is 0. The topological polar surface area (TPSA) is 86.7 Å². The molecule has 2 aliphatic carbocycles. The fraction of sp³-hybridized carbons (Fsp3) is 0.480. The number of amides is 1. The first-order chi connectivity index (χ1) is 15.7. The monoisotopic (exact) mass is 472 g/mol. The highest BCUT2D eigenvalue weighted by atomic mass is 32.2. The molecule has 2 aromatic rings. The van der Waals surface area contributed by atoms with Crippen molar-refractivity contribution in [2.45, 2.75) is 50.3 Å². The van der Waals surface area contributed by atoms with Gasteiger partial charge in [0.15, 0.2) is 0 Å². The van der Waals surface area contributed by atoms with Crippen LogP contribution in [0.2, 0.25) is 0 Å². The van der Waals surface area contributed by atoms with E-state index in [1.54, 1.807) is 23.1 Å². The van der Waals surface area contributed by atoms with Crippen LogP contribution in [0, 0.1) is 17.2 Å². The van der Waals surface area contributed by atoms with Crippen LogP contribution in [0.5, 0.6) is 0 Å². The molecule has 2 saturated carbocycles. The minimum absolute atomic E-state index is 0.0339. The van der Waals surface area contributed by atoms with Gasteiger partial charge in [-0.25, -0.2) is 17.5 Å². The normalized spacial score (nSPS) is 24.8. The van der Waals surface area contributed by atoms with Crippen LogP contribution in [-0.4, -0.2) is 55.3 Å². The number of hydrogen-bond donors (Lipinski definition) is 2. The Labute approximate surface area is 193 Å². The van der Waals surface area contributed by atoms with Gasteiger partial charge >= 0.3 is 0 Å². The average Bonchev–Trinajstić information content (AvgIpc) is 3.70. The molecule has 8 heteroatoms. The van der Waals surface area contributed by atoms with Crippen molar-refractivity contribution in [3.8, 4) is 11.1 Å². The van der Waals surface area contributed by atoms with Gasteiger partial charge in [0, 0.05) is 23.6 Å². The second-order valence-corrected chi connectivity index (χ2v) is 11.7. The molecule has 1 heterocycles. The first kappa shape index (κ1) is 22.5.